The summed E-state index contributed by atoms with van der Waals surface area (Å²) < 4.78 is 0. The third kappa shape index (κ3) is 1.98. The predicted octanol–water partition coefficient (Wildman–Crippen LogP) is 1.99. The second-order valence-corrected chi connectivity index (χ2v) is 3.19. The van der Waals surface area contributed by atoms with Crippen LogP contribution in [0.2, 0.25) is 0 Å². The molecule has 0 unspecified atom stereocenters. The van der Waals surface area contributed by atoms with E-state index in [1.54, 1.807) is 0 Å². The van der Waals surface area contributed by atoms with Gasteiger partial charge in [0.15, 0.2) is 0 Å². The summed E-state index contributed by atoms with van der Waals surface area (Å²) in [4.78, 5) is 0. The second-order valence-electron chi connectivity index (χ2n) is 3.19. The van der Waals surface area contributed by atoms with Crippen LogP contribution in [0.1, 0.15) is 30.5 Å². The summed E-state index contributed by atoms with van der Waals surface area (Å²) >= 11 is 0. The summed E-state index contributed by atoms with van der Waals surface area (Å²) in [5.74, 6) is 0. The molecule has 0 heterocycles. The molecule has 2 nitrogen and oxygen atoms in total. The van der Waals surface area contributed by atoms with Crippen molar-refractivity contribution in [3.63, 3.8) is 0 Å². The molecule has 12 heavy (non-hydrogen) atoms. The molecule has 1 atom stereocenters. The third-order valence-electron chi connectivity index (χ3n) is 1.99. The number of aryl methyl sites for hydroxylation is 1. The van der Waals surface area contributed by atoms with Gasteiger partial charge in [-0.25, -0.2) is 0 Å². The van der Waals surface area contributed by atoms with Gasteiger partial charge in [-0.2, -0.15) is 0 Å². The first-order valence-electron chi connectivity index (χ1n) is 4.26. The van der Waals surface area contributed by atoms with Gasteiger partial charge in [0, 0.05) is 11.7 Å². The van der Waals surface area contributed by atoms with E-state index in [0.717, 1.165) is 17.7 Å². The molecule has 0 fully saturated rings. The molecule has 2 heteroatoms. The number of rotatable bonds is 2. The largest absolute Gasteiger partial charge is 0.399 e. The number of nitrogens with two attached hydrogens (primary N) is 2. The van der Waals surface area contributed by atoms with E-state index >= 15 is 0 Å². The fourth-order valence-corrected chi connectivity index (χ4v) is 1.29. The molecule has 0 amide bonds. The first-order valence-corrected chi connectivity index (χ1v) is 4.26. The highest BCUT2D eigenvalue weighted by Crippen LogP contribution is 2.18. The Labute approximate surface area is 73.6 Å². The predicted molar refractivity (Wildman–Crippen MR) is 52.8 cm³/mol. The van der Waals surface area contributed by atoms with Crippen LogP contribution in [0, 0.1) is 6.92 Å². The maximum atomic E-state index is 5.88. The fraction of sp³-hybridized carbons (Fsp3) is 0.400. The molecule has 1 aromatic carbocycles. The Kier molecular flexibility index (Phi) is 2.71. The van der Waals surface area contributed by atoms with Crippen molar-refractivity contribution in [3.05, 3.63) is 29.3 Å². The Morgan fingerprint density at radius 1 is 1.33 bits per heavy atom. The van der Waals surface area contributed by atoms with E-state index in [4.69, 9.17) is 11.5 Å². The van der Waals surface area contributed by atoms with Gasteiger partial charge < -0.3 is 11.5 Å². The molecule has 1 rings (SSSR count). The molecule has 0 aliphatic carbocycles. The van der Waals surface area contributed by atoms with Crippen LogP contribution in [0.25, 0.3) is 0 Å². The SMILES string of the molecule is CC[C@@H](N)c1cc(C)cc(N)c1. The zero-order valence-corrected chi connectivity index (χ0v) is 7.67. The summed E-state index contributed by atoms with van der Waals surface area (Å²) in [6, 6.07) is 6.10. The lowest BCUT2D eigenvalue weighted by molar-refractivity contribution is 0.698. The molecular weight excluding hydrogens is 148 g/mol. The van der Waals surface area contributed by atoms with Gasteiger partial charge >= 0.3 is 0 Å². The van der Waals surface area contributed by atoms with Gasteiger partial charge in [0.1, 0.15) is 0 Å². The Bertz CT molecular complexity index is 248. The molecule has 0 spiro atoms. The van der Waals surface area contributed by atoms with Gasteiger partial charge in [0.25, 0.3) is 0 Å². The van der Waals surface area contributed by atoms with Crippen LogP contribution in [-0.2, 0) is 0 Å². The summed E-state index contributed by atoms with van der Waals surface area (Å²) in [5, 5.41) is 0. The van der Waals surface area contributed by atoms with Crippen molar-refractivity contribution in [3.8, 4) is 0 Å². The van der Waals surface area contributed by atoms with Gasteiger partial charge in [0.05, 0.1) is 0 Å². The highest BCUT2D eigenvalue weighted by Gasteiger charge is 2.03. The van der Waals surface area contributed by atoms with Crippen LogP contribution in [0.5, 0.6) is 0 Å². The van der Waals surface area contributed by atoms with E-state index < -0.39 is 0 Å². The number of hydrogen-bond acceptors (Lipinski definition) is 2. The molecule has 0 radical (unpaired) electrons. The van der Waals surface area contributed by atoms with Crippen LogP contribution in [0.4, 0.5) is 5.69 Å². The molecule has 0 bridgehead atoms. The molecule has 0 aromatic heterocycles. The Morgan fingerprint density at radius 3 is 2.50 bits per heavy atom. The summed E-state index contributed by atoms with van der Waals surface area (Å²) in [7, 11) is 0. The molecule has 0 aliphatic rings. The summed E-state index contributed by atoms with van der Waals surface area (Å²) in [6.45, 7) is 4.10. The average Bonchev–Trinajstić information content (AvgIpc) is 2.01. The first-order chi connectivity index (χ1) is 5.63. The minimum absolute atomic E-state index is 0.118. The van der Waals surface area contributed by atoms with Crippen LogP contribution in [-0.4, -0.2) is 0 Å². The van der Waals surface area contributed by atoms with Crippen molar-refractivity contribution in [2.75, 3.05) is 5.73 Å². The van der Waals surface area contributed by atoms with Gasteiger partial charge in [-0.05, 0) is 36.6 Å². The second kappa shape index (κ2) is 3.59. The van der Waals surface area contributed by atoms with Crippen LogP contribution in [0.15, 0.2) is 18.2 Å². The zero-order valence-electron chi connectivity index (χ0n) is 7.67. The van der Waals surface area contributed by atoms with Crippen LogP contribution >= 0.6 is 0 Å². The maximum absolute atomic E-state index is 5.88. The topological polar surface area (TPSA) is 52.0 Å². The lowest BCUT2D eigenvalue weighted by atomic mass is 10.0. The molecule has 0 saturated carbocycles. The van der Waals surface area contributed by atoms with E-state index in [1.807, 2.05) is 19.1 Å². The van der Waals surface area contributed by atoms with Crippen molar-refractivity contribution in [1.82, 2.24) is 0 Å². The highest BCUT2D eigenvalue weighted by atomic mass is 14.6. The van der Waals surface area contributed by atoms with Gasteiger partial charge in [-0.1, -0.05) is 13.0 Å². The number of benzene rings is 1. The van der Waals surface area contributed by atoms with Crippen molar-refractivity contribution in [1.29, 1.82) is 0 Å². The van der Waals surface area contributed by atoms with Crippen molar-refractivity contribution in [2.24, 2.45) is 5.73 Å². The van der Waals surface area contributed by atoms with Crippen molar-refractivity contribution in [2.45, 2.75) is 26.3 Å². The zero-order chi connectivity index (χ0) is 9.14. The van der Waals surface area contributed by atoms with Crippen LogP contribution < -0.4 is 11.5 Å². The first kappa shape index (κ1) is 9.07. The Morgan fingerprint density at radius 2 is 2.00 bits per heavy atom. The Hall–Kier alpha value is -1.02. The lowest BCUT2D eigenvalue weighted by Gasteiger charge is -2.10. The highest BCUT2D eigenvalue weighted by molar-refractivity contribution is 5.45. The quantitative estimate of drug-likeness (QED) is 0.657. The van der Waals surface area contributed by atoms with E-state index in [-0.39, 0.29) is 6.04 Å². The fourth-order valence-electron chi connectivity index (χ4n) is 1.29. The van der Waals surface area contributed by atoms with Gasteiger partial charge in [0.2, 0.25) is 0 Å². The van der Waals surface area contributed by atoms with Crippen LogP contribution in [0.3, 0.4) is 0 Å². The monoisotopic (exact) mass is 164 g/mol. The minimum Gasteiger partial charge on any atom is -0.399 e. The van der Waals surface area contributed by atoms with E-state index in [0.29, 0.717) is 0 Å². The summed E-state index contributed by atoms with van der Waals surface area (Å²) in [6.07, 6.45) is 0.947. The molecular formula is C10H16N2. The lowest BCUT2D eigenvalue weighted by Crippen LogP contribution is -2.09. The number of anilines is 1. The maximum Gasteiger partial charge on any atom is 0.0320 e. The third-order valence-corrected chi connectivity index (χ3v) is 1.99. The molecule has 66 valence electrons. The average molecular weight is 164 g/mol. The van der Waals surface area contributed by atoms with Gasteiger partial charge in [-0.3, -0.25) is 0 Å². The molecule has 1 aromatic rings. The standard InChI is InChI=1S/C10H16N2/c1-3-10(12)8-4-7(2)5-9(11)6-8/h4-6,10H,3,11-12H2,1-2H3/t10-/m1/s1. The smallest absolute Gasteiger partial charge is 0.0320 e. The number of nitrogen functional groups attached to an aromatic ring is 1. The Balaban J connectivity index is 3.00. The van der Waals surface area contributed by atoms with E-state index in [2.05, 4.69) is 13.0 Å². The van der Waals surface area contributed by atoms with Crippen molar-refractivity contribution < 1.29 is 0 Å². The molecule has 0 aliphatic heterocycles. The normalized spacial score (nSPS) is 12.9. The summed E-state index contributed by atoms with van der Waals surface area (Å²) in [5.41, 5.74) is 14.7. The molecule has 0 saturated heterocycles. The van der Waals surface area contributed by atoms with Crippen molar-refractivity contribution >= 4 is 5.69 Å². The van der Waals surface area contributed by atoms with E-state index in [1.165, 1.54) is 5.56 Å². The van der Waals surface area contributed by atoms with Gasteiger partial charge in [-0.15, -0.1) is 0 Å². The minimum atomic E-state index is 0.118. The van der Waals surface area contributed by atoms with E-state index in [9.17, 15) is 0 Å². The number of hydrogen-bond donors (Lipinski definition) is 2. The molecule has 4 N–H and O–H groups in total.